The van der Waals surface area contributed by atoms with E-state index in [9.17, 15) is 18.0 Å². The lowest BCUT2D eigenvalue weighted by Gasteiger charge is -2.15. The predicted octanol–water partition coefficient (Wildman–Crippen LogP) is 1.38. The molecule has 0 aliphatic heterocycles. The van der Waals surface area contributed by atoms with Crippen molar-refractivity contribution in [3.05, 3.63) is 29.3 Å². The first-order valence-electron chi connectivity index (χ1n) is 6.58. The highest BCUT2D eigenvalue weighted by Crippen LogP contribution is 2.23. The molecule has 21 heavy (non-hydrogen) atoms. The second-order valence-corrected chi connectivity index (χ2v) is 6.95. The second kappa shape index (κ2) is 6.71. The van der Waals surface area contributed by atoms with E-state index in [0.29, 0.717) is 13.0 Å². The van der Waals surface area contributed by atoms with Gasteiger partial charge in [0.05, 0.1) is 10.5 Å². The van der Waals surface area contributed by atoms with Gasteiger partial charge in [-0.3, -0.25) is 4.79 Å². The van der Waals surface area contributed by atoms with Crippen LogP contribution in [0.25, 0.3) is 0 Å². The van der Waals surface area contributed by atoms with Crippen molar-refractivity contribution in [3.63, 3.8) is 0 Å². The quantitative estimate of drug-likeness (QED) is 0.826. The van der Waals surface area contributed by atoms with Crippen LogP contribution in [0.2, 0.25) is 0 Å². The summed E-state index contributed by atoms with van der Waals surface area (Å²) in [7, 11) is -3.93. The van der Waals surface area contributed by atoms with Gasteiger partial charge in [0.15, 0.2) is 9.84 Å². The molecule has 0 saturated heterocycles. The highest BCUT2D eigenvalue weighted by atomic mass is 32.2. The van der Waals surface area contributed by atoms with Crippen LogP contribution in [0.5, 0.6) is 0 Å². The second-order valence-electron chi connectivity index (χ2n) is 4.71. The number of rotatable bonds is 6. The highest BCUT2D eigenvalue weighted by molar-refractivity contribution is 7.92. The molecule has 1 unspecified atom stereocenters. The van der Waals surface area contributed by atoms with Gasteiger partial charge in [-0.2, -0.15) is 0 Å². The first-order chi connectivity index (χ1) is 9.73. The number of amides is 1. The Morgan fingerprint density at radius 1 is 1.33 bits per heavy atom. The molecule has 0 heterocycles. The molecule has 1 aromatic rings. The maximum Gasteiger partial charge on any atom is 0.335 e. The van der Waals surface area contributed by atoms with Crippen LogP contribution >= 0.6 is 0 Å². The minimum absolute atomic E-state index is 0.0859. The number of carboxylic acid groups (broad SMARTS) is 1. The van der Waals surface area contributed by atoms with Crippen molar-refractivity contribution in [1.82, 2.24) is 5.32 Å². The third-order valence-corrected chi connectivity index (χ3v) is 5.41. The van der Waals surface area contributed by atoms with Gasteiger partial charge in [-0.1, -0.05) is 13.0 Å². The Labute approximate surface area is 124 Å². The Morgan fingerprint density at radius 2 is 1.95 bits per heavy atom. The molecule has 6 nitrogen and oxygen atoms in total. The molecule has 0 bridgehead atoms. The molecule has 0 radical (unpaired) electrons. The predicted molar refractivity (Wildman–Crippen MR) is 78.1 cm³/mol. The molecule has 0 aliphatic rings. The van der Waals surface area contributed by atoms with Gasteiger partial charge in [0.25, 0.3) is 0 Å². The van der Waals surface area contributed by atoms with E-state index in [4.69, 9.17) is 5.11 Å². The van der Waals surface area contributed by atoms with Crippen molar-refractivity contribution >= 4 is 21.7 Å². The molecule has 1 rings (SSSR count). The smallest absolute Gasteiger partial charge is 0.335 e. The summed E-state index contributed by atoms with van der Waals surface area (Å²) in [6.07, 6.45) is 0.700. The minimum atomic E-state index is -3.93. The van der Waals surface area contributed by atoms with E-state index in [2.05, 4.69) is 5.32 Å². The van der Waals surface area contributed by atoms with Crippen LogP contribution in [0.15, 0.2) is 23.1 Å². The topological polar surface area (TPSA) is 101 Å². The summed E-state index contributed by atoms with van der Waals surface area (Å²) >= 11 is 0. The van der Waals surface area contributed by atoms with Crippen molar-refractivity contribution in [3.8, 4) is 0 Å². The van der Waals surface area contributed by atoms with E-state index >= 15 is 0 Å². The van der Waals surface area contributed by atoms with Crippen LogP contribution in [0.3, 0.4) is 0 Å². The third-order valence-electron chi connectivity index (χ3n) is 3.20. The molecular formula is C14H19NO5S. The maximum atomic E-state index is 12.5. The summed E-state index contributed by atoms with van der Waals surface area (Å²) in [5, 5.41) is 10.3. The molecule has 0 fully saturated rings. The largest absolute Gasteiger partial charge is 0.478 e. The molecule has 1 atom stereocenters. The van der Waals surface area contributed by atoms with Gasteiger partial charge in [0, 0.05) is 6.54 Å². The lowest BCUT2D eigenvalue weighted by molar-refractivity contribution is -0.120. The average Bonchev–Trinajstić information content (AvgIpc) is 2.43. The standard InChI is InChI=1S/C14H19NO5S/c1-4-8-15-13(16)10(3)21(19,20)12-7-5-6-11(9(12)2)14(17)18/h5-7,10H,4,8H2,1-3H3,(H,15,16)(H,17,18). The number of hydrogen-bond donors (Lipinski definition) is 2. The van der Waals surface area contributed by atoms with Crippen LogP contribution in [0.4, 0.5) is 0 Å². The zero-order valence-corrected chi connectivity index (χ0v) is 13.0. The normalized spacial score (nSPS) is 12.7. The van der Waals surface area contributed by atoms with Crippen LogP contribution in [0.1, 0.15) is 36.2 Å². The van der Waals surface area contributed by atoms with Crippen molar-refractivity contribution in [2.75, 3.05) is 6.54 Å². The van der Waals surface area contributed by atoms with Gasteiger partial charge in [-0.25, -0.2) is 13.2 Å². The number of hydrogen-bond acceptors (Lipinski definition) is 4. The van der Waals surface area contributed by atoms with Gasteiger partial charge >= 0.3 is 5.97 Å². The van der Waals surface area contributed by atoms with Gasteiger partial charge in [-0.15, -0.1) is 0 Å². The fraction of sp³-hybridized carbons (Fsp3) is 0.429. The molecule has 116 valence electrons. The fourth-order valence-corrected chi connectivity index (χ4v) is 3.43. The summed E-state index contributed by atoms with van der Waals surface area (Å²) in [6, 6.07) is 4.01. The Kier molecular flexibility index (Phi) is 5.48. The Bertz CT molecular complexity index is 651. The highest BCUT2D eigenvalue weighted by Gasteiger charge is 2.31. The maximum absolute atomic E-state index is 12.5. The van der Waals surface area contributed by atoms with Gasteiger partial charge < -0.3 is 10.4 Å². The van der Waals surface area contributed by atoms with E-state index in [0.717, 1.165) is 0 Å². The molecule has 1 amide bonds. The molecule has 0 aliphatic carbocycles. The van der Waals surface area contributed by atoms with Crippen molar-refractivity contribution in [2.24, 2.45) is 0 Å². The van der Waals surface area contributed by atoms with E-state index in [-0.39, 0.29) is 16.0 Å². The van der Waals surface area contributed by atoms with Gasteiger partial charge in [0.2, 0.25) is 5.91 Å². The molecular weight excluding hydrogens is 294 g/mol. The van der Waals surface area contributed by atoms with Crippen LogP contribution < -0.4 is 5.32 Å². The lowest BCUT2D eigenvalue weighted by Crippen LogP contribution is -2.38. The number of benzene rings is 1. The van der Waals surface area contributed by atoms with Crippen molar-refractivity contribution < 1.29 is 23.1 Å². The third kappa shape index (κ3) is 3.60. The van der Waals surface area contributed by atoms with Gasteiger partial charge in [0.1, 0.15) is 5.25 Å². The van der Waals surface area contributed by atoms with E-state index in [1.54, 1.807) is 0 Å². The number of nitrogens with one attached hydrogen (secondary N) is 1. The zero-order valence-electron chi connectivity index (χ0n) is 12.2. The Hall–Kier alpha value is -1.89. The number of aromatic carboxylic acids is 1. The Morgan fingerprint density at radius 3 is 2.48 bits per heavy atom. The number of sulfone groups is 1. The number of carboxylic acids is 1. The fourth-order valence-electron chi connectivity index (χ4n) is 1.88. The first kappa shape index (κ1) is 17.2. The van der Waals surface area contributed by atoms with Gasteiger partial charge in [-0.05, 0) is 38.0 Å². The summed E-state index contributed by atoms with van der Waals surface area (Å²) in [5.74, 6) is -1.79. The minimum Gasteiger partial charge on any atom is -0.478 e. The molecule has 2 N–H and O–H groups in total. The van der Waals surface area contributed by atoms with Crippen molar-refractivity contribution in [1.29, 1.82) is 0 Å². The van der Waals surface area contributed by atoms with E-state index < -0.39 is 27.0 Å². The van der Waals surface area contributed by atoms with Crippen LogP contribution in [0, 0.1) is 6.92 Å². The molecule has 0 saturated carbocycles. The summed E-state index contributed by atoms with van der Waals surface area (Å²) in [5.41, 5.74) is 0.0531. The van der Waals surface area contributed by atoms with E-state index in [1.165, 1.54) is 32.0 Å². The Balaban J connectivity index is 3.23. The SMILES string of the molecule is CCCNC(=O)C(C)S(=O)(=O)c1cccc(C(=O)O)c1C. The molecule has 0 aromatic heterocycles. The van der Waals surface area contributed by atoms with Crippen LogP contribution in [-0.2, 0) is 14.6 Å². The van der Waals surface area contributed by atoms with Crippen LogP contribution in [-0.4, -0.2) is 37.2 Å². The number of carbonyl (C=O) groups is 2. The zero-order chi connectivity index (χ0) is 16.2. The lowest BCUT2D eigenvalue weighted by atomic mass is 10.1. The molecule has 1 aromatic carbocycles. The molecule has 7 heteroatoms. The number of carbonyl (C=O) groups excluding carboxylic acids is 1. The average molecular weight is 313 g/mol. The summed E-state index contributed by atoms with van der Waals surface area (Å²) in [6.45, 7) is 4.98. The van der Waals surface area contributed by atoms with Crippen molar-refractivity contribution in [2.45, 2.75) is 37.3 Å². The first-order valence-corrected chi connectivity index (χ1v) is 8.12. The summed E-state index contributed by atoms with van der Waals surface area (Å²) in [4.78, 5) is 22.8. The monoisotopic (exact) mass is 313 g/mol. The van der Waals surface area contributed by atoms with E-state index in [1.807, 2.05) is 6.92 Å². The summed E-state index contributed by atoms with van der Waals surface area (Å²) < 4.78 is 25.0. The molecule has 0 spiro atoms.